The zero-order chi connectivity index (χ0) is 20.3. The van der Waals surface area contributed by atoms with Crippen LogP contribution >= 0.6 is 0 Å². The zero-order valence-corrected chi connectivity index (χ0v) is 16.4. The molecule has 0 spiro atoms. The third kappa shape index (κ3) is 6.21. The Bertz CT molecular complexity index is 955. The predicted octanol–water partition coefficient (Wildman–Crippen LogP) is 4.61. The lowest BCUT2D eigenvalue weighted by Crippen LogP contribution is -2.17. The molecule has 1 amide bonds. The number of para-hydroxylation sites is 2. The van der Waals surface area contributed by atoms with E-state index in [2.05, 4.69) is 10.5 Å². The number of aryl methyl sites for hydroxylation is 1. The number of nitrogens with one attached hydrogen (secondary N) is 1. The summed E-state index contributed by atoms with van der Waals surface area (Å²) in [6, 6.07) is 24.5. The van der Waals surface area contributed by atoms with E-state index in [-0.39, 0.29) is 5.91 Å². The summed E-state index contributed by atoms with van der Waals surface area (Å²) in [6.07, 6.45) is 2.34. The first-order valence-corrected chi connectivity index (χ1v) is 9.53. The Morgan fingerprint density at radius 2 is 1.48 bits per heavy atom. The van der Waals surface area contributed by atoms with Gasteiger partial charge in [0.15, 0.2) is 0 Å². The number of carbonyl (C=O) groups excluding carboxylic acids is 1. The first-order valence-electron chi connectivity index (χ1n) is 9.53. The van der Waals surface area contributed by atoms with Crippen LogP contribution < -0.4 is 14.9 Å². The molecule has 3 rings (SSSR count). The van der Waals surface area contributed by atoms with Crippen molar-refractivity contribution in [2.75, 3.05) is 13.2 Å². The molecule has 0 heterocycles. The molecule has 0 radical (unpaired) electrons. The van der Waals surface area contributed by atoms with Gasteiger partial charge >= 0.3 is 0 Å². The molecule has 5 heteroatoms. The van der Waals surface area contributed by atoms with E-state index in [1.165, 1.54) is 0 Å². The van der Waals surface area contributed by atoms with E-state index in [0.29, 0.717) is 24.5 Å². The molecule has 0 bridgehead atoms. The van der Waals surface area contributed by atoms with Crippen molar-refractivity contribution in [1.82, 2.24) is 5.43 Å². The molecule has 148 valence electrons. The molecule has 0 aromatic heterocycles. The second-order valence-corrected chi connectivity index (χ2v) is 6.42. The predicted molar refractivity (Wildman–Crippen MR) is 115 cm³/mol. The summed E-state index contributed by atoms with van der Waals surface area (Å²) < 4.78 is 11.6. The van der Waals surface area contributed by atoms with Crippen LogP contribution in [0, 0.1) is 6.92 Å². The van der Waals surface area contributed by atoms with Crippen LogP contribution in [0.2, 0.25) is 0 Å². The van der Waals surface area contributed by atoms with E-state index in [4.69, 9.17) is 9.47 Å². The maximum absolute atomic E-state index is 12.0. The van der Waals surface area contributed by atoms with E-state index in [1.54, 1.807) is 18.3 Å². The third-order valence-corrected chi connectivity index (χ3v) is 4.22. The van der Waals surface area contributed by atoms with E-state index in [9.17, 15) is 4.79 Å². The number of rotatable bonds is 9. The van der Waals surface area contributed by atoms with Gasteiger partial charge in [-0.15, -0.1) is 0 Å². The molecule has 0 aliphatic carbocycles. The molecule has 0 fully saturated rings. The van der Waals surface area contributed by atoms with Crippen molar-refractivity contribution in [3.05, 3.63) is 95.6 Å². The first-order chi connectivity index (χ1) is 14.2. The van der Waals surface area contributed by atoms with Crippen molar-refractivity contribution in [2.45, 2.75) is 13.3 Å². The summed E-state index contributed by atoms with van der Waals surface area (Å²) in [7, 11) is 0. The van der Waals surface area contributed by atoms with Crippen LogP contribution in [0.3, 0.4) is 0 Å². The normalized spacial score (nSPS) is 10.7. The Hall–Kier alpha value is -3.60. The molecule has 0 aliphatic heterocycles. The number of nitrogens with zero attached hydrogens (tertiary/aromatic N) is 1. The van der Waals surface area contributed by atoms with Crippen LogP contribution in [-0.4, -0.2) is 25.3 Å². The SMILES string of the molecule is Cc1ccccc1OCCCOc1ccccc1/C=N\NC(=O)c1ccccc1. The minimum Gasteiger partial charge on any atom is -0.493 e. The zero-order valence-electron chi connectivity index (χ0n) is 16.4. The van der Waals surface area contributed by atoms with E-state index >= 15 is 0 Å². The maximum atomic E-state index is 12.0. The van der Waals surface area contributed by atoms with Crippen molar-refractivity contribution < 1.29 is 14.3 Å². The van der Waals surface area contributed by atoms with Crippen LogP contribution in [0.25, 0.3) is 0 Å². The quantitative estimate of drug-likeness (QED) is 0.331. The lowest BCUT2D eigenvalue weighted by Gasteiger charge is -2.11. The number of amides is 1. The highest BCUT2D eigenvalue weighted by molar-refractivity contribution is 5.95. The summed E-state index contributed by atoms with van der Waals surface area (Å²) in [6.45, 7) is 3.12. The number of carbonyl (C=O) groups is 1. The van der Waals surface area contributed by atoms with Crippen molar-refractivity contribution in [2.24, 2.45) is 5.10 Å². The van der Waals surface area contributed by atoms with Gasteiger partial charge in [-0.25, -0.2) is 5.43 Å². The molecule has 5 nitrogen and oxygen atoms in total. The number of benzene rings is 3. The van der Waals surface area contributed by atoms with Gasteiger partial charge in [-0.1, -0.05) is 48.5 Å². The third-order valence-electron chi connectivity index (χ3n) is 4.22. The first kappa shape index (κ1) is 20.1. The minimum absolute atomic E-state index is 0.256. The standard InChI is InChI=1S/C24H24N2O3/c1-19-10-5-7-14-22(19)28-16-9-17-29-23-15-8-6-13-21(23)18-25-26-24(27)20-11-3-2-4-12-20/h2-8,10-15,18H,9,16-17H2,1H3,(H,26,27)/b25-18-. The van der Waals surface area contributed by atoms with Gasteiger partial charge in [0.1, 0.15) is 11.5 Å². The molecule has 0 unspecified atom stereocenters. The molecule has 0 aliphatic rings. The Morgan fingerprint density at radius 1 is 0.862 bits per heavy atom. The number of hydrogen-bond acceptors (Lipinski definition) is 4. The summed E-state index contributed by atoms with van der Waals surface area (Å²) in [5, 5.41) is 4.04. The highest BCUT2D eigenvalue weighted by atomic mass is 16.5. The summed E-state index contributed by atoms with van der Waals surface area (Å²) >= 11 is 0. The van der Waals surface area contributed by atoms with Gasteiger partial charge < -0.3 is 9.47 Å². The molecular weight excluding hydrogens is 364 g/mol. The smallest absolute Gasteiger partial charge is 0.271 e. The van der Waals surface area contributed by atoms with E-state index < -0.39 is 0 Å². The van der Waals surface area contributed by atoms with Crippen molar-refractivity contribution in [3.8, 4) is 11.5 Å². The molecule has 0 saturated carbocycles. The van der Waals surface area contributed by atoms with E-state index in [1.807, 2.05) is 73.7 Å². The molecular formula is C24H24N2O3. The van der Waals surface area contributed by atoms with Gasteiger partial charge in [0.05, 0.1) is 19.4 Å². The van der Waals surface area contributed by atoms with Gasteiger partial charge in [0.2, 0.25) is 0 Å². The highest BCUT2D eigenvalue weighted by Crippen LogP contribution is 2.18. The highest BCUT2D eigenvalue weighted by Gasteiger charge is 2.04. The molecule has 1 N–H and O–H groups in total. The van der Waals surface area contributed by atoms with Crippen molar-refractivity contribution >= 4 is 12.1 Å². The second-order valence-electron chi connectivity index (χ2n) is 6.42. The summed E-state index contributed by atoms with van der Waals surface area (Å²) in [5.41, 5.74) is 5.00. The average Bonchev–Trinajstić information content (AvgIpc) is 2.76. The minimum atomic E-state index is -0.256. The topological polar surface area (TPSA) is 59.9 Å². The van der Waals surface area contributed by atoms with E-state index in [0.717, 1.165) is 23.3 Å². The van der Waals surface area contributed by atoms with Gasteiger partial charge in [-0.05, 0) is 42.8 Å². The van der Waals surface area contributed by atoms with Gasteiger partial charge in [-0.3, -0.25) is 4.79 Å². The molecule has 0 saturated heterocycles. The second kappa shape index (κ2) is 10.7. The fraction of sp³-hybridized carbons (Fsp3) is 0.167. The maximum Gasteiger partial charge on any atom is 0.271 e. The molecule has 3 aromatic carbocycles. The van der Waals surface area contributed by atoms with Gasteiger partial charge in [0, 0.05) is 17.5 Å². The summed E-state index contributed by atoms with van der Waals surface area (Å²) in [4.78, 5) is 12.0. The largest absolute Gasteiger partial charge is 0.493 e. The Morgan fingerprint density at radius 3 is 2.24 bits per heavy atom. The Labute approximate surface area is 171 Å². The van der Waals surface area contributed by atoms with Crippen LogP contribution in [0.4, 0.5) is 0 Å². The molecule has 3 aromatic rings. The Kier molecular flexibility index (Phi) is 7.41. The van der Waals surface area contributed by atoms with Crippen LogP contribution in [0.15, 0.2) is 84.0 Å². The van der Waals surface area contributed by atoms with Gasteiger partial charge in [0.25, 0.3) is 5.91 Å². The fourth-order valence-electron chi connectivity index (χ4n) is 2.67. The monoisotopic (exact) mass is 388 g/mol. The van der Waals surface area contributed by atoms with Gasteiger partial charge in [-0.2, -0.15) is 5.10 Å². The van der Waals surface area contributed by atoms with Crippen LogP contribution in [-0.2, 0) is 0 Å². The average molecular weight is 388 g/mol. The Balaban J connectivity index is 1.47. The lowest BCUT2D eigenvalue weighted by atomic mass is 10.2. The lowest BCUT2D eigenvalue weighted by molar-refractivity contribution is 0.0955. The molecule has 29 heavy (non-hydrogen) atoms. The van der Waals surface area contributed by atoms with Crippen LogP contribution in [0.1, 0.15) is 27.9 Å². The number of hydrogen-bond donors (Lipinski definition) is 1. The summed E-state index contributed by atoms with van der Waals surface area (Å²) in [5.74, 6) is 1.35. The van der Waals surface area contributed by atoms with Crippen molar-refractivity contribution in [3.63, 3.8) is 0 Å². The fourth-order valence-corrected chi connectivity index (χ4v) is 2.67. The number of hydrazone groups is 1. The van der Waals surface area contributed by atoms with Crippen LogP contribution in [0.5, 0.6) is 11.5 Å². The van der Waals surface area contributed by atoms with Crippen molar-refractivity contribution in [1.29, 1.82) is 0 Å². The number of ether oxygens (including phenoxy) is 2. The molecule has 0 atom stereocenters.